The molecule has 0 radical (unpaired) electrons. The third kappa shape index (κ3) is 2.49. The fourth-order valence-electron chi connectivity index (χ4n) is 2.60. The Hall–Kier alpha value is -1.06. The average Bonchev–Trinajstić information content (AvgIpc) is 2.71. The normalized spacial score (nSPS) is 34.3. The first-order chi connectivity index (χ1) is 7.06. The number of rotatable bonds is 4. The maximum absolute atomic E-state index is 11.7. The molecule has 2 saturated carbocycles. The molecule has 2 N–H and O–H groups in total. The predicted molar refractivity (Wildman–Crippen MR) is 54.2 cm³/mol. The molecule has 4 heteroatoms. The number of carboxylic acids is 1. The lowest BCUT2D eigenvalue weighted by atomic mass is 10.0. The zero-order valence-electron chi connectivity index (χ0n) is 8.90. The van der Waals surface area contributed by atoms with E-state index in [1.807, 2.05) is 0 Å². The standard InChI is InChI=1S/C11H17NO3/c1-6(2-10(13)14)12-11(15)9-4-7-3-8(7)5-9/h6-9H,2-5H2,1H3,(H,12,15)(H,13,14). The van der Waals surface area contributed by atoms with E-state index in [1.54, 1.807) is 6.92 Å². The summed E-state index contributed by atoms with van der Waals surface area (Å²) in [5.74, 6) is 0.907. The predicted octanol–water partition coefficient (Wildman–Crippen LogP) is 1.01. The molecule has 3 atom stereocenters. The van der Waals surface area contributed by atoms with Gasteiger partial charge < -0.3 is 10.4 Å². The Bertz CT molecular complexity index is 280. The maximum atomic E-state index is 11.7. The first kappa shape index (κ1) is 10.5. The molecular weight excluding hydrogens is 194 g/mol. The minimum Gasteiger partial charge on any atom is -0.481 e. The molecule has 0 aliphatic heterocycles. The van der Waals surface area contributed by atoms with E-state index in [-0.39, 0.29) is 24.3 Å². The number of nitrogens with one attached hydrogen (secondary N) is 1. The number of hydrogen-bond donors (Lipinski definition) is 2. The van der Waals surface area contributed by atoms with Crippen molar-refractivity contribution in [3.63, 3.8) is 0 Å². The second-order valence-electron chi connectivity index (χ2n) is 4.93. The van der Waals surface area contributed by atoms with E-state index in [1.165, 1.54) is 6.42 Å². The van der Waals surface area contributed by atoms with Gasteiger partial charge in [0.05, 0.1) is 6.42 Å². The molecular formula is C11H17NO3. The van der Waals surface area contributed by atoms with Crippen molar-refractivity contribution in [2.24, 2.45) is 17.8 Å². The monoisotopic (exact) mass is 211 g/mol. The summed E-state index contributed by atoms with van der Waals surface area (Å²) < 4.78 is 0. The second kappa shape index (κ2) is 3.83. The molecule has 0 heterocycles. The van der Waals surface area contributed by atoms with Crippen molar-refractivity contribution in [3.05, 3.63) is 0 Å². The van der Waals surface area contributed by atoms with Crippen molar-refractivity contribution in [1.29, 1.82) is 0 Å². The number of fused-ring (bicyclic) bond motifs is 1. The fourth-order valence-corrected chi connectivity index (χ4v) is 2.60. The first-order valence-corrected chi connectivity index (χ1v) is 5.58. The summed E-state index contributed by atoms with van der Waals surface area (Å²) in [4.78, 5) is 22.1. The van der Waals surface area contributed by atoms with E-state index in [0.29, 0.717) is 0 Å². The smallest absolute Gasteiger partial charge is 0.305 e. The lowest BCUT2D eigenvalue weighted by Gasteiger charge is -2.16. The summed E-state index contributed by atoms with van der Waals surface area (Å²) in [6, 6.07) is -0.257. The SMILES string of the molecule is CC(CC(=O)O)NC(=O)C1CC2CC2C1. The summed E-state index contributed by atoms with van der Waals surface area (Å²) in [5.41, 5.74) is 0. The highest BCUT2D eigenvalue weighted by atomic mass is 16.4. The molecule has 2 rings (SSSR count). The molecule has 0 bridgehead atoms. The van der Waals surface area contributed by atoms with E-state index >= 15 is 0 Å². The van der Waals surface area contributed by atoms with Crippen LogP contribution in [-0.4, -0.2) is 23.0 Å². The van der Waals surface area contributed by atoms with E-state index in [2.05, 4.69) is 5.32 Å². The van der Waals surface area contributed by atoms with Gasteiger partial charge in [0.25, 0.3) is 0 Å². The summed E-state index contributed by atoms with van der Waals surface area (Å²) in [6.45, 7) is 1.74. The molecule has 0 aromatic heterocycles. The maximum Gasteiger partial charge on any atom is 0.305 e. The lowest BCUT2D eigenvalue weighted by molar-refractivity contribution is -0.137. The number of carbonyl (C=O) groups is 2. The molecule has 2 aliphatic carbocycles. The first-order valence-electron chi connectivity index (χ1n) is 5.58. The number of amides is 1. The number of carbonyl (C=O) groups excluding carboxylic acids is 1. The van der Waals surface area contributed by atoms with Crippen LogP contribution in [0.2, 0.25) is 0 Å². The van der Waals surface area contributed by atoms with Gasteiger partial charge in [-0.25, -0.2) is 0 Å². The van der Waals surface area contributed by atoms with Crippen LogP contribution >= 0.6 is 0 Å². The zero-order chi connectivity index (χ0) is 11.0. The highest BCUT2D eigenvalue weighted by molar-refractivity contribution is 5.80. The fraction of sp³-hybridized carbons (Fsp3) is 0.818. The Morgan fingerprint density at radius 1 is 1.33 bits per heavy atom. The summed E-state index contributed by atoms with van der Waals surface area (Å²) in [7, 11) is 0. The Morgan fingerprint density at radius 2 is 1.93 bits per heavy atom. The molecule has 0 saturated heterocycles. The largest absolute Gasteiger partial charge is 0.481 e. The van der Waals surface area contributed by atoms with Gasteiger partial charge in [0.2, 0.25) is 5.91 Å². The van der Waals surface area contributed by atoms with Crippen LogP contribution < -0.4 is 5.32 Å². The number of hydrogen-bond acceptors (Lipinski definition) is 2. The zero-order valence-corrected chi connectivity index (χ0v) is 8.90. The van der Waals surface area contributed by atoms with Crippen molar-refractivity contribution < 1.29 is 14.7 Å². The molecule has 2 fully saturated rings. The Balaban J connectivity index is 1.74. The summed E-state index contributed by atoms with van der Waals surface area (Å²) in [5, 5.41) is 11.3. The van der Waals surface area contributed by atoms with Crippen molar-refractivity contribution in [3.8, 4) is 0 Å². The second-order valence-corrected chi connectivity index (χ2v) is 4.93. The molecule has 84 valence electrons. The molecule has 4 nitrogen and oxygen atoms in total. The van der Waals surface area contributed by atoms with Gasteiger partial charge >= 0.3 is 5.97 Å². The highest BCUT2D eigenvalue weighted by Crippen LogP contribution is 2.54. The van der Waals surface area contributed by atoms with Crippen LogP contribution in [0.4, 0.5) is 0 Å². The molecule has 0 aromatic carbocycles. The van der Waals surface area contributed by atoms with Gasteiger partial charge in [-0.15, -0.1) is 0 Å². The van der Waals surface area contributed by atoms with Gasteiger partial charge in [0.15, 0.2) is 0 Å². The van der Waals surface area contributed by atoms with Crippen molar-refractivity contribution in [1.82, 2.24) is 5.32 Å². The molecule has 3 unspecified atom stereocenters. The minimum atomic E-state index is -0.864. The van der Waals surface area contributed by atoms with E-state index < -0.39 is 5.97 Å². The summed E-state index contributed by atoms with van der Waals surface area (Å²) in [6.07, 6.45) is 3.33. The average molecular weight is 211 g/mol. The van der Waals surface area contributed by atoms with E-state index in [0.717, 1.165) is 24.7 Å². The minimum absolute atomic E-state index is 0.00527. The Kier molecular flexibility index (Phi) is 2.67. The molecule has 0 aromatic rings. The van der Waals surface area contributed by atoms with Crippen LogP contribution in [0.25, 0.3) is 0 Å². The van der Waals surface area contributed by atoms with Gasteiger partial charge in [-0.3, -0.25) is 9.59 Å². The van der Waals surface area contributed by atoms with Gasteiger partial charge in [-0.1, -0.05) is 0 Å². The Labute approximate surface area is 89.0 Å². The molecule has 1 amide bonds. The molecule has 15 heavy (non-hydrogen) atoms. The quantitative estimate of drug-likeness (QED) is 0.729. The van der Waals surface area contributed by atoms with Crippen LogP contribution in [0, 0.1) is 17.8 Å². The molecule has 2 aliphatic rings. The third-order valence-electron chi connectivity index (χ3n) is 3.48. The van der Waals surface area contributed by atoms with Crippen LogP contribution in [0.5, 0.6) is 0 Å². The van der Waals surface area contributed by atoms with Crippen molar-refractivity contribution in [2.45, 2.75) is 38.6 Å². The van der Waals surface area contributed by atoms with Gasteiger partial charge in [-0.2, -0.15) is 0 Å². The van der Waals surface area contributed by atoms with Crippen LogP contribution in [0.1, 0.15) is 32.6 Å². The van der Waals surface area contributed by atoms with E-state index in [9.17, 15) is 9.59 Å². The summed E-state index contributed by atoms with van der Waals surface area (Å²) >= 11 is 0. The topological polar surface area (TPSA) is 66.4 Å². The number of aliphatic carboxylic acids is 1. The highest BCUT2D eigenvalue weighted by Gasteiger charge is 2.48. The van der Waals surface area contributed by atoms with Crippen LogP contribution in [0.3, 0.4) is 0 Å². The van der Waals surface area contributed by atoms with Gasteiger partial charge in [0, 0.05) is 12.0 Å². The van der Waals surface area contributed by atoms with Crippen molar-refractivity contribution >= 4 is 11.9 Å². The lowest BCUT2D eigenvalue weighted by Crippen LogP contribution is -2.38. The van der Waals surface area contributed by atoms with Gasteiger partial charge in [-0.05, 0) is 38.0 Å². The number of carboxylic acid groups (broad SMARTS) is 1. The Morgan fingerprint density at radius 3 is 2.47 bits per heavy atom. The van der Waals surface area contributed by atoms with E-state index in [4.69, 9.17) is 5.11 Å². The molecule has 0 spiro atoms. The van der Waals surface area contributed by atoms with Crippen LogP contribution in [-0.2, 0) is 9.59 Å². The third-order valence-corrected chi connectivity index (χ3v) is 3.48. The van der Waals surface area contributed by atoms with Crippen LogP contribution in [0.15, 0.2) is 0 Å². The van der Waals surface area contributed by atoms with Crippen molar-refractivity contribution in [2.75, 3.05) is 0 Å². The van der Waals surface area contributed by atoms with Gasteiger partial charge in [0.1, 0.15) is 0 Å².